The number of fused-ring (bicyclic) bond motifs is 1. The molecule has 3 aromatic rings. The van der Waals surface area contributed by atoms with Crippen LogP contribution in [0.15, 0.2) is 54.7 Å². The number of nitrogens with one attached hydrogen (secondary N) is 1. The standard InChI is InChI=1S/C20H18FN3O2/c21-15-7-5-14(6-8-15)19(25)23-9-11-24(12-10-23)20(26)17-13-22-18-4-2-1-3-16(17)18/h1-8,13,22H,9-12H2. The van der Waals surface area contributed by atoms with Crippen molar-refractivity contribution in [3.8, 4) is 0 Å². The molecule has 132 valence electrons. The first-order valence-corrected chi connectivity index (χ1v) is 8.54. The summed E-state index contributed by atoms with van der Waals surface area (Å²) >= 11 is 0. The average Bonchev–Trinajstić information content (AvgIpc) is 3.12. The molecule has 2 aromatic carbocycles. The molecule has 0 unspecified atom stereocenters. The first kappa shape index (κ1) is 16.3. The van der Waals surface area contributed by atoms with Gasteiger partial charge in [-0.3, -0.25) is 9.59 Å². The molecule has 2 heterocycles. The molecule has 0 radical (unpaired) electrons. The topological polar surface area (TPSA) is 56.4 Å². The predicted octanol–water partition coefficient (Wildman–Crippen LogP) is 2.91. The molecule has 1 aliphatic heterocycles. The second kappa shape index (κ2) is 6.63. The van der Waals surface area contributed by atoms with Crippen LogP contribution in [0, 0.1) is 5.82 Å². The van der Waals surface area contributed by atoms with Gasteiger partial charge in [-0.05, 0) is 30.3 Å². The smallest absolute Gasteiger partial charge is 0.256 e. The summed E-state index contributed by atoms with van der Waals surface area (Å²) < 4.78 is 13.0. The molecular formula is C20H18FN3O2. The van der Waals surface area contributed by atoms with Crippen LogP contribution in [0.4, 0.5) is 4.39 Å². The van der Waals surface area contributed by atoms with Crippen LogP contribution in [0.3, 0.4) is 0 Å². The SMILES string of the molecule is O=C(c1ccc(F)cc1)N1CCN(C(=O)c2c[nH]c3ccccc23)CC1. The van der Waals surface area contributed by atoms with Crippen molar-refractivity contribution >= 4 is 22.7 Å². The molecule has 0 atom stereocenters. The Hall–Kier alpha value is -3.15. The monoisotopic (exact) mass is 351 g/mol. The molecule has 6 heteroatoms. The van der Waals surface area contributed by atoms with Crippen LogP contribution in [-0.2, 0) is 0 Å². The Labute approximate surface area is 150 Å². The number of aromatic nitrogens is 1. The summed E-state index contributed by atoms with van der Waals surface area (Å²) in [6.45, 7) is 1.88. The Morgan fingerprint density at radius 3 is 2.15 bits per heavy atom. The number of rotatable bonds is 2. The van der Waals surface area contributed by atoms with E-state index >= 15 is 0 Å². The Kier molecular flexibility index (Phi) is 4.16. The molecule has 0 saturated carbocycles. The maximum Gasteiger partial charge on any atom is 0.256 e. The molecule has 1 aromatic heterocycles. The highest BCUT2D eigenvalue weighted by Crippen LogP contribution is 2.20. The number of para-hydroxylation sites is 1. The molecule has 2 amide bonds. The van der Waals surface area contributed by atoms with Crippen LogP contribution in [0.25, 0.3) is 10.9 Å². The third-order valence-electron chi connectivity index (χ3n) is 4.76. The summed E-state index contributed by atoms with van der Waals surface area (Å²) in [4.78, 5) is 31.9. The number of H-pyrrole nitrogens is 1. The Morgan fingerprint density at radius 1 is 0.846 bits per heavy atom. The molecule has 1 N–H and O–H groups in total. The van der Waals surface area contributed by atoms with E-state index in [1.54, 1.807) is 16.0 Å². The largest absolute Gasteiger partial charge is 0.360 e. The Morgan fingerprint density at radius 2 is 1.46 bits per heavy atom. The zero-order valence-corrected chi connectivity index (χ0v) is 14.1. The van der Waals surface area contributed by atoms with Crippen LogP contribution < -0.4 is 0 Å². The molecule has 0 aliphatic carbocycles. The molecule has 0 spiro atoms. The first-order chi connectivity index (χ1) is 12.6. The van der Waals surface area contributed by atoms with Gasteiger partial charge in [0.25, 0.3) is 11.8 Å². The number of nitrogens with zero attached hydrogens (tertiary/aromatic N) is 2. The molecule has 26 heavy (non-hydrogen) atoms. The average molecular weight is 351 g/mol. The van der Waals surface area contributed by atoms with Crippen LogP contribution in [0.2, 0.25) is 0 Å². The van der Waals surface area contributed by atoms with Crippen LogP contribution >= 0.6 is 0 Å². The number of benzene rings is 2. The van der Waals surface area contributed by atoms with Gasteiger partial charge in [0.15, 0.2) is 0 Å². The molecular weight excluding hydrogens is 333 g/mol. The predicted molar refractivity (Wildman–Crippen MR) is 96.5 cm³/mol. The summed E-state index contributed by atoms with van der Waals surface area (Å²) in [5.41, 5.74) is 2.04. The van der Waals surface area contributed by atoms with Crippen LogP contribution in [0.1, 0.15) is 20.7 Å². The van der Waals surface area contributed by atoms with Gasteiger partial charge >= 0.3 is 0 Å². The minimum absolute atomic E-state index is 0.0312. The first-order valence-electron chi connectivity index (χ1n) is 8.54. The van der Waals surface area contributed by atoms with Crippen molar-refractivity contribution in [2.24, 2.45) is 0 Å². The van der Waals surface area contributed by atoms with E-state index in [2.05, 4.69) is 4.98 Å². The summed E-state index contributed by atoms with van der Waals surface area (Å²) in [6.07, 6.45) is 1.74. The zero-order valence-electron chi connectivity index (χ0n) is 14.1. The van der Waals surface area contributed by atoms with Gasteiger partial charge in [-0.15, -0.1) is 0 Å². The highest BCUT2D eigenvalue weighted by molar-refractivity contribution is 6.06. The lowest BCUT2D eigenvalue weighted by Gasteiger charge is -2.34. The zero-order chi connectivity index (χ0) is 18.1. The fraction of sp³-hybridized carbons (Fsp3) is 0.200. The van der Waals surface area contributed by atoms with E-state index in [0.29, 0.717) is 37.3 Å². The molecule has 1 fully saturated rings. The number of hydrogen-bond donors (Lipinski definition) is 1. The number of aromatic amines is 1. The van der Waals surface area contributed by atoms with Crippen molar-refractivity contribution in [1.29, 1.82) is 0 Å². The van der Waals surface area contributed by atoms with E-state index in [1.165, 1.54) is 24.3 Å². The second-order valence-electron chi connectivity index (χ2n) is 6.34. The molecule has 5 nitrogen and oxygen atoms in total. The molecule has 4 rings (SSSR count). The summed E-state index contributed by atoms with van der Waals surface area (Å²) in [5, 5.41) is 0.905. The van der Waals surface area contributed by atoms with Crippen LogP contribution in [0.5, 0.6) is 0 Å². The normalized spacial score (nSPS) is 14.7. The number of piperazine rings is 1. The lowest BCUT2D eigenvalue weighted by Crippen LogP contribution is -2.50. The van der Waals surface area contributed by atoms with E-state index < -0.39 is 0 Å². The summed E-state index contributed by atoms with van der Waals surface area (Å²) in [6, 6.07) is 13.2. The minimum Gasteiger partial charge on any atom is -0.360 e. The van der Waals surface area contributed by atoms with E-state index in [9.17, 15) is 14.0 Å². The molecule has 1 saturated heterocycles. The quantitative estimate of drug-likeness (QED) is 0.772. The van der Waals surface area contributed by atoms with Crippen molar-refractivity contribution < 1.29 is 14.0 Å². The third kappa shape index (κ3) is 2.94. The number of hydrogen-bond acceptors (Lipinski definition) is 2. The van der Waals surface area contributed by atoms with Gasteiger partial charge < -0.3 is 14.8 Å². The maximum atomic E-state index is 13.0. The third-order valence-corrected chi connectivity index (χ3v) is 4.76. The molecule has 0 bridgehead atoms. The highest BCUT2D eigenvalue weighted by atomic mass is 19.1. The van der Waals surface area contributed by atoms with E-state index in [1.807, 2.05) is 24.3 Å². The van der Waals surface area contributed by atoms with E-state index in [-0.39, 0.29) is 17.6 Å². The van der Waals surface area contributed by atoms with Gasteiger partial charge in [0.1, 0.15) is 5.82 Å². The number of carbonyl (C=O) groups is 2. The minimum atomic E-state index is -0.365. The van der Waals surface area contributed by atoms with Gasteiger partial charge in [-0.2, -0.15) is 0 Å². The van der Waals surface area contributed by atoms with Gasteiger partial charge in [-0.25, -0.2) is 4.39 Å². The number of carbonyl (C=O) groups excluding carboxylic acids is 2. The summed E-state index contributed by atoms with van der Waals surface area (Å²) in [5.74, 6) is -0.531. The van der Waals surface area contributed by atoms with Gasteiger partial charge in [0.05, 0.1) is 5.56 Å². The fourth-order valence-corrected chi connectivity index (χ4v) is 3.31. The van der Waals surface area contributed by atoms with Gasteiger partial charge in [0, 0.05) is 48.8 Å². The van der Waals surface area contributed by atoms with E-state index in [0.717, 1.165) is 10.9 Å². The van der Waals surface area contributed by atoms with Gasteiger partial charge in [-0.1, -0.05) is 18.2 Å². The Balaban J connectivity index is 1.44. The number of amides is 2. The number of halogens is 1. The van der Waals surface area contributed by atoms with Crippen molar-refractivity contribution in [2.45, 2.75) is 0 Å². The van der Waals surface area contributed by atoms with Crippen LogP contribution in [-0.4, -0.2) is 52.8 Å². The van der Waals surface area contributed by atoms with Gasteiger partial charge in [0.2, 0.25) is 0 Å². The highest BCUT2D eigenvalue weighted by Gasteiger charge is 2.26. The molecule has 1 aliphatic rings. The van der Waals surface area contributed by atoms with Crippen molar-refractivity contribution in [3.05, 3.63) is 71.7 Å². The van der Waals surface area contributed by atoms with Crippen molar-refractivity contribution in [1.82, 2.24) is 14.8 Å². The van der Waals surface area contributed by atoms with Crippen molar-refractivity contribution in [3.63, 3.8) is 0 Å². The second-order valence-corrected chi connectivity index (χ2v) is 6.34. The fourth-order valence-electron chi connectivity index (χ4n) is 3.31. The van der Waals surface area contributed by atoms with E-state index in [4.69, 9.17) is 0 Å². The summed E-state index contributed by atoms with van der Waals surface area (Å²) in [7, 11) is 0. The van der Waals surface area contributed by atoms with Crippen molar-refractivity contribution in [2.75, 3.05) is 26.2 Å². The maximum absolute atomic E-state index is 13.0. The lowest BCUT2D eigenvalue weighted by atomic mass is 10.1. The lowest BCUT2D eigenvalue weighted by molar-refractivity contribution is 0.0536. The Bertz CT molecular complexity index is 957.